The topological polar surface area (TPSA) is 72.9 Å². The van der Waals surface area contributed by atoms with Gasteiger partial charge < -0.3 is 11.1 Å². The van der Waals surface area contributed by atoms with Crippen LogP contribution in [0.5, 0.6) is 0 Å². The number of hydrogen-bond donors (Lipinski definition) is 2. The predicted molar refractivity (Wildman–Crippen MR) is 83.0 cm³/mol. The first kappa shape index (κ1) is 14.8. The summed E-state index contributed by atoms with van der Waals surface area (Å²) >= 11 is 0. The van der Waals surface area contributed by atoms with Crippen LogP contribution < -0.4 is 11.1 Å². The normalized spacial score (nSPS) is 9.90. The van der Waals surface area contributed by atoms with Gasteiger partial charge in [0.2, 0.25) is 0 Å². The van der Waals surface area contributed by atoms with E-state index in [1.165, 1.54) is 0 Å². The molecule has 3 N–H and O–H groups in total. The molecule has 5 heteroatoms. The van der Waals surface area contributed by atoms with Crippen LogP contribution in [0.25, 0.3) is 0 Å². The van der Waals surface area contributed by atoms with Gasteiger partial charge in [0.25, 0.3) is 5.91 Å². The van der Waals surface area contributed by atoms with Gasteiger partial charge in [0.1, 0.15) is 0 Å². The van der Waals surface area contributed by atoms with E-state index < -0.39 is 0 Å². The fourth-order valence-electron chi connectivity index (χ4n) is 2.13. The third-order valence-corrected chi connectivity index (χ3v) is 3.24. The average Bonchev–Trinajstić information content (AvgIpc) is 2.71. The highest BCUT2D eigenvalue weighted by Gasteiger charge is 2.17. The van der Waals surface area contributed by atoms with Crippen molar-refractivity contribution in [1.82, 2.24) is 9.78 Å². The molecule has 0 unspecified atom stereocenters. The SMILES string of the molecule is Cc1nn(C)c(C)c1C(=O)Nc1ccccc1C#CCN. The molecule has 5 nitrogen and oxygen atoms in total. The second-order valence-corrected chi connectivity index (χ2v) is 4.68. The molecule has 1 aromatic carbocycles. The highest BCUT2D eigenvalue weighted by molar-refractivity contribution is 6.06. The number of anilines is 1. The quantitative estimate of drug-likeness (QED) is 0.822. The van der Waals surface area contributed by atoms with Crippen LogP contribution in [-0.2, 0) is 7.05 Å². The van der Waals surface area contributed by atoms with Gasteiger partial charge in [-0.25, -0.2) is 0 Å². The number of aryl methyl sites for hydroxylation is 2. The zero-order valence-corrected chi connectivity index (χ0v) is 12.4. The van der Waals surface area contributed by atoms with Gasteiger partial charge in [-0.05, 0) is 26.0 Å². The number of amides is 1. The highest BCUT2D eigenvalue weighted by atomic mass is 16.1. The molecule has 2 rings (SSSR count). The third kappa shape index (κ3) is 3.12. The lowest BCUT2D eigenvalue weighted by molar-refractivity contribution is 0.102. The number of rotatable bonds is 2. The molecule has 0 aliphatic heterocycles. The Morgan fingerprint density at radius 1 is 1.38 bits per heavy atom. The summed E-state index contributed by atoms with van der Waals surface area (Å²) in [5, 5.41) is 7.15. The van der Waals surface area contributed by atoms with E-state index in [0.717, 1.165) is 11.3 Å². The number of carbonyl (C=O) groups excluding carboxylic acids is 1. The van der Waals surface area contributed by atoms with Gasteiger partial charge in [0.05, 0.1) is 23.5 Å². The number of para-hydroxylation sites is 1. The van der Waals surface area contributed by atoms with Crippen LogP contribution in [0.15, 0.2) is 24.3 Å². The molecule has 0 fully saturated rings. The first-order valence-electron chi connectivity index (χ1n) is 6.64. The van der Waals surface area contributed by atoms with Crippen LogP contribution in [0.1, 0.15) is 27.3 Å². The van der Waals surface area contributed by atoms with E-state index in [2.05, 4.69) is 22.3 Å². The molecule has 0 saturated heterocycles. The summed E-state index contributed by atoms with van der Waals surface area (Å²) in [6, 6.07) is 7.39. The number of nitrogens with zero attached hydrogens (tertiary/aromatic N) is 2. The Morgan fingerprint density at radius 3 is 2.71 bits per heavy atom. The lowest BCUT2D eigenvalue weighted by Gasteiger charge is -2.07. The highest BCUT2D eigenvalue weighted by Crippen LogP contribution is 2.18. The van der Waals surface area contributed by atoms with E-state index >= 15 is 0 Å². The van der Waals surface area contributed by atoms with E-state index in [0.29, 0.717) is 16.9 Å². The van der Waals surface area contributed by atoms with Crippen LogP contribution >= 0.6 is 0 Å². The number of benzene rings is 1. The maximum Gasteiger partial charge on any atom is 0.259 e. The molecular formula is C16H18N4O. The first-order valence-corrected chi connectivity index (χ1v) is 6.64. The maximum absolute atomic E-state index is 12.5. The fourth-order valence-corrected chi connectivity index (χ4v) is 2.13. The second-order valence-electron chi connectivity index (χ2n) is 4.68. The summed E-state index contributed by atoms with van der Waals surface area (Å²) in [6.07, 6.45) is 0. The Labute approximate surface area is 124 Å². The number of carbonyl (C=O) groups is 1. The van der Waals surface area contributed by atoms with Crippen molar-refractivity contribution in [1.29, 1.82) is 0 Å². The standard InChI is InChI=1S/C16H18N4O/c1-11-15(12(2)20(3)19-11)16(21)18-14-9-5-4-7-13(14)8-6-10-17/h4-5,7,9H,10,17H2,1-3H3,(H,18,21). The summed E-state index contributed by atoms with van der Waals surface area (Å²) in [4.78, 5) is 12.5. The van der Waals surface area contributed by atoms with Crippen LogP contribution in [-0.4, -0.2) is 22.2 Å². The van der Waals surface area contributed by atoms with Crippen molar-refractivity contribution in [2.45, 2.75) is 13.8 Å². The Balaban J connectivity index is 2.32. The Morgan fingerprint density at radius 2 is 2.10 bits per heavy atom. The van der Waals surface area contributed by atoms with Crippen molar-refractivity contribution in [3.05, 3.63) is 46.8 Å². The fraction of sp³-hybridized carbons (Fsp3) is 0.250. The first-order chi connectivity index (χ1) is 10.0. The van der Waals surface area contributed by atoms with E-state index in [1.807, 2.05) is 45.2 Å². The van der Waals surface area contributed by atoms with Gasteiger partial charge in [-0.1, -0.05) is 24.0 Å². The molecule has 0 saturated carbocycles. The molecule has 0 radical (unpaired) electrons. The Bertz CT molecular complexity index is 734. The van der Waals surface area contributed by atoms with Crippen LogP contribution in [0.2, 0.25) is 0 Å². The van der Waals surface area contributed by atoms with Crippen molar-refractivity contribution in [3.8, 4) is 11.8 Å². The lowest BCUT2D eigenvalue weighted by Crippen LogP contribution is -2.15. The number of aromatic nitrogens is 2. The number of hydrogen-bond acceptors (Lipinski definition) is 3. The molecule has 1 heterocycles. The summed E-state index contributed by atoms with van der Waals surface area (Å²) in [5.41, 5.74) is 8.94. The Kier molecular flexibility index (Phi) is 4.41. The lowest BCUT2D eigenvalue weighted by atomic mass is 10.1. The minimum absolute atomic E-state index is 0.180. The van der Waals surface area contributed by atoms with Crippen LogP contribution in [0.3, 0.4) is 0 Å². The number of nitrogens with two attached hydrogens (primary N) is 1. The molecular weight excluding hydrogens is 264 g/mol. The molecule has 108 valence electrons. The monoisotopic (exact) mass is 282 g/mol. The van der Waals surface area contributed by atoms with E-state index in [4.69, 9.17) is 5.73 Å². The summed E-state index contributed by atoms with van der Waals surface area (Å²) in [6.45, 7) is 3.97. The molecule has 1 amide bonds. The molecule has 2 aromatic rings. The van der Waals surface area contributed by atoms with Gasteiger partial charge in [0, 0.05) is 18.3 Å². The number of nitrogens with one attached hydrogen (secondary N) is 1. The molecule has 0 bridgehead atoms. The predicted octanol–water partition coefficient (Wildman–Crippen LogP) is 1.60. The largest absolute Gasteiger partial charge is 0.321 e. The van der Waals surface area contributed by atoms with Crippen LogP contribution in [0, 0.1) is 25.7 Å². The van der Waals surface area contributed by atoms with Crippen molar-refractivity contribution in [2.75, 3.05) is 11.9 Å². The molecule has 0 aliphatic rings. The molecule has 0 spiro atoms. The minimum atomic E-state index is -0.180. The summed E-state index contributed by atoms with van der Waals surface area (Å²) in [5.74, 6) is 5.57. The van der Waals surface area contributed by atoms with Gasteiger partial charge >= 0.3 is 0 Å². The van der Waals surface area contributed by atoms with Crippen molar-refractivity contribution < 1.29 is 4.79 Å². The zero-order chi connectivity index (χ0) is 15.4. The summed E-state index contributed by atoms with van der Waals surface area (Å²) in [7, 11) is 1.82. The third-order valence-electron chi connectivity index (χ3n) is 3.24. The van der Waals surface area contributed by atoms with Gasteiger partial charge in [-0.3, -0.25) is 9.48 Å². The van der Waals surface area contributed by atoms with E-state index in [9.17, 15) is 4.79 Å². The van der Waals surface area contributed by atoms with Gasteiger partial charge in [0.15, 0.2) is 0 Å². The van der Waals surface area contributed by atoms with Crippen molar-refractivity contribution in [3.63, 3.8) is 0 Å². The van der Waals surface area contributed by atoms with Gasteiger partial charge in [-0.2, -0.15) is 5.10 Å². The van der Waals surface area contributed by atoms with E-state index in [1.54, 1.807) is 4.68 Å². The zero-order valence-electron chi connectivity index (χ0n) is 12.4. The molecule has 0 aliphatic carbocycles. The van der Waals surface area contributed by atoms with Crippen molar-refractivity contribution >= 4 is 11.6 Å². The minimum Gasteiger partial charge on any atom is -0.321 e. The second kappa shape index (κ2) is 6.25. The smallest absolute Gasteiger partial charge is 0.259 e. The molecule has 0 atom stereocenters. The molecule has 1 aromatic heterocycles. The van der Waals surface area contributed by atoms with E-state index in [-0.39, 0.29) is 12.5 Å². The van der Waals surface area contributed by atoms with Crippen molar-refractivity contribution in [2.24, 2.45) is 12.8 Å². The Hall–Kier alpha value is -2.58. The summed E-state index contributed by atoms with van der Waals surface area (Å²) < 4.78 is 1.70. The van der Waals surface area contributed by atoms with Crippen LogP contribution in [0.4, 0.5) is 5.69 Å². The maximum atomic E-state index is 12.5. The average molecular weight is 282 g/mol. The van der Waals surface area contributed by atoms with Gasteiger partial charge in [-0.15, -0.1) is 0 Å². The molecule has 21 heavy (non-hydrogen) atoms.